The Balaban J connectivity index is 1.94. The van der Waals surface area contributed by atoms with Gasteiger partial charge < -0.3 is 5.11 Å². The SMILES string of the molecule is Cc1cc(O)ccc1-c1cccc2c1Cc1ccccc1-2. The molecule has 1 aliphatic carbocycles. The summed E-state index contributed by atoms with van der Waals surface area (Å²) in [6.07, 6.45) is 0.988. The van der Waals surface area contributed by atoms with Crippen molar-refractivity contribution in [1.82, 2.24) is 0 Å². The number of phenols is 1. The van der Waals surface area contributed by atoms with E-state index >= 15 is 0 Å². The monoisotopic (exact) mass is 272 g/mol. The lowest BCUT2D eigenvalue weighted by molar-refractivity contribution is 0.475. The summed E-state index contributed by atoms with van der Waals surface area (Å²) in [6.45, 7) is 2.05. The second-order valence-corrected chi connectivity index (χ2v) is 5.66. The Labute approximate surface area is 124 Å². The molecule has 0 aromatic heterocycles. The molecule has 0 radical (unpaired) electrons. The van der Waals surface area contributed by atoms with Crippen LogP contribution in [0.25, 0.3) is 22.3 Å². The topological polar surface area (TPSA) is 20.2 Å². The number of aryl methyl sites for hydroxylation is 1. The van der Waals surface area contributed by atoms with Gasteiger partial charge in [-0.3, -0.25) is 0 Å². The average Bonchev–Trinajstić information content (AvgIpc) is 2.86. The minimum absolute atomic E-state index is 0.326. The Kier molecular flexibility index (Phi) is 2.61. The van der Waals surface area contributed by atoms with Crippen molar-refractivity contribution in [2.75, 3.05) is 0 Å². The van der Waals surface area contributed by atoms with Crippen molar-refractivity contribution in [3.8, 4) is 28.0 Å². The summed E-state index contributed by atoms with van der Waals surface area (Å²) in [5.41, 5.74) is 9.09. The third-order valence-electron chi connectivity index (χ3n) is 4.35. The molecule has 0 bridgehead atoms. The van der Waals surface area contributed by atoms with Crippen molar-refractivity contribution in [2.45, 2.75) is 13.3 Å². The van der Waals surface area contributed by atoms with Crippen molar-refractivity contribution in [1.29, 1.82) is 0 Å². The van der Waals surface area contributed by atoms with Crippen LogP contribution in [-0.4, -0.2) is 5.11 Å². The fourth-order valence-electron chi connectivity index (χ4n) is 3.36. The van der Waals surface area contributed by atoms with E-state index in [4.69, 9.17) is 0 Å². The number of hydrogen-bond acceptors (Lipinski definition) is 1. The lowest BCUT2D eigenvalue weighted by Gasteiger charge is -2.12. The number of hydrogen-bond donors (Lipinski definition) is 1. The van der Waals surface area contributed by atoms with Gasteiger partial charge in [0, 0.05) is 0 Å². The van der Waals surface area contributed by atoms with Crippen molar-refractivity contribution in [2.24, 2.45) is 0 Å². The highest BCUT2D eigenvalue weighted by molar-refractivity contribution is 5.85. The van der Waals surface area contributed by atoms with E-state index < -0.39 is 0 Å². The van der Waals surface area contributed by atoms with Gasteiger partial charge in [0.15, 0.2) is 0 Å². The molecule has 1 heteroatoms. The van der Waals surface area contributed by atoms with Crippen LogP contribution in [0, 0.1) is 6.92 Å². The lowest BCUT2D eigenvalue weighted by Crippen LogP contribution is -1.90. The molecule has 3 aromatic rings. The van der Waals surface area contributed by atoms with Crippen LogP contribution in [0.4, 0.5) is 0 Å². The van der Waals surface area contributed by atoms with Gasteiger partial charge in [-0.1, -0.05) is 48.5 Å². The predicted molar refractivity (Wildman–Crippen MR) is 86.5 cm³/mol. The Hall–Kier alpha value is -2.54. The Morgan fingerprint density at radius 2 is 1.48 bits per heavy atom. The van der Waals surface area contributed by atoms with E-state index in [1.54, 1.807) is 6.07 Å². The zero-order valence-electron chi connectivity index (χ0n) is 11.9. The molecule has 4 rings (SSSR count). The molecule has 0 fully saturated rings. The number of rotatable bonds is 1. The van der Waals surface area contributed by atoms with Gasteiger partial charge in [0.1, 0.15) is 5.75 Å². The summed E-state index contributed by atoms with van der Waals surface area (Å²) in [5.74, 6) is 0.326. The zero-order chi connectivity index (χ0) is 14.4. The molecule has 0 heterocycles. The van der Waals surface area contributed by atoms with Crippen LogP contribution in [0.2, 0.25) is 0 Å². The molecule has 0 amide bonds. The minimum Gasteiger partial charge on any atom is -0.508 e. The second kappa shape index (κ2) is 4.49. The lowest BCUT2D eigenvalue weighted by atomic mass is 9.93. The number of benzene rings is 3. The maximum Gasteiger partial charge on any atom is 0.115 e. The van der Waals surface area contributed by atoms with Gasteiger partial charge in [-0.25, -0.2) is 0 Å². The van der Waals surface area contributed by atoms with Crippen LogP contribution in [0.5, 0.6) is 5.75 Å². The smallest absolute Gasteiger partial charge is 0.115 e. The van der Waals surface area contributed by atoms with E-state index in [0.717, 1.165) is 12.0 Å². The third-order valence-corrected chi connectivity index (χ3v) is 4.35. The molecule has 0 unspecified atom stereocenters. The summed E-state index contributed by atoms with van der Waals surface area (Å²) in [7, 11) is 0. The predicted octanol–water partition coefficient (Wildman–Crippen LogP) is 4.94. The number of phenolic OH excluding ortho intramolecular Hbond substituents is 1. The molecule has 21 heavy (non-hydrogen) atoms. The van der Waals surface area contributed by atoms with E-state index in [1.807, 2.05) is 12.1 Å². The van der Waals surface area contributed by atoms with Crippen LogP contribution in [0.3, 0.4) is 0 Å². The maximum atomic E-state index is 9.62. The van der Waals surface area contributed by atoms with Crippen LogP contribution in [0.1, 0.15) is 16.7 Å². The van der Waals surface area contributed by atoms with Gasteiger partial charge in [0.25, 0.3) is 0 Å². The summed E-state index contributed by atoms with van der Waals surface area (Å²) < 4.78 is 0. The highest BCUT2D eigenvalue weighted by atomic mass is 16.3. The molecular formula is C20H16O. The highest BCUT2D eigenvalue weighted by Crippen LogP contribution is 2.42. The Morgan fingerprint density at radius 1 is 0.762 bits per heavy atom. The quantitative estimate of drug-likeness (QED) is 0.520. The molecule has 0 saturated heterocycles. The number of aromatic hydroxyl groups is 1. The van der Waals surface area contributed by atoms with Gasteiger partial charge in [-0.15, -0.1) is 0 Å². The fraction of sp³-hybridized carbons (Fsp3) is 0.100. The van der Waals surface area contributed by atoms with Gasteiger partial charge in [-0.05, 0) is 64.4 Å². The van der Waals surface area contributed by atoms with E-state index in [9.17, 15) is 5.11 Å². The molecule has 1 nitrogen and oxygen atoms in total. The molecule has 1 N–H and O–H groups in total. The molecule has 0 saturated carbocycles. The standard InChI is InChI=1S/C20H16O/c1-13-11-15(21)9-10-16(13)18-7-4-8-19-17-6-3-2-5-14(17)12-20(18)19/h2-11,21H,12H2,1H3. The van der Waals surface area contributed by atoms with E-state index in [2.05, 4.69) is 49.4 Å². The van der Waals surface area contributed by atoms with Crippen molar-refractivity contribution < 1.29 is 5.11 Å². The van der Waals surface area contributed by atoms with Crippen molar-refractivity contribution in [3.05, 3.63) is 77.4 Å². The van der Waals surface area contributed by atoms with Gasteiger partial charge in [0.2, 0.25) is 0 Å². The van der Waals surface area contributed by atoms with E-state index in [-0.39, 0.29) is 0 Å². The van der Waals surface area contributed by atoms with Gasteiger partial charge >= 0.3 is 0 Å². The zero-order valence-corrected chi connectivity index (χ0v) is 11.9. The molecule has 3 aromatic carbocycles. The maximum absolute atomic E-state index is 9.62. The van der Waals surface area contributed by atoms with Crippen LogP contribution >= 0.6 is 0 Å². The fourth-order valence-corrected chi connectivity index (χ4v) is 3.36. The first-order valence-corrected chi connectivity index (χ1v) is 7.24. The van der Waals surface area contributed by atoms with Crippen LogP contribution in [-0.2, 0) is 6.42 Å². The third kappa shape index (κ3) is 1.85. The molecular weight excluding hydrogens is 256 g/mol. The largest absolute Gasteiger partial charge is 0.508 e. The molecule has 0 aliphatic heterocycles. The normalized spacial score (nSPS) is 12.0. The van der Waals surface area contributed by atoms with Crippen molar-refractivity contribution in [3.63, 3.8) is 0 Å². The van der Waals surface area contributed by atoms with E-state index in [1.165, 1.54) is 33.4 Å². The molecule has 1 aliphatic rings. The first-order valence-electron chi connectivity index (χ1n) is 7.24. The molecule has 0 atom stereocenters. The average molecular weight is 272 g/mol. The highest BCUT2D eigenvalue weighted by Gasteiger charge is 2.21. The van der Waals surface area contributed by atoms with Gasteiger partial charge in [-0.2, -0.15) is 0 Å². The molecule has 102 valence electrons. The van der Waals surface area contributed by atoms with Crippen molar-refractivity contribution >= 4 is 0 Å². The van der Waals surface area contributed by atoms with Crippen LogP contribution in [0.15, 0.2) is 60.7 Å². The Morgan fingerprint density at radius 3 is 2.29 bits per heavy atom. The summed E-state index contributed by atoms with van der Waals surface area (Å²) >= 11 is 0. The van der Waals surface area contributed by atoms with E-state index in [0.29, 0.717) is 5.75 Å². The summed E-state index contributed by atoms with van der Waals surface area (Å²) in [4.78, 5) is 0. The summed E-state index contributed by atoms with van der Waals surface area (Å²) in [6, 6.07) is 20.8. The minimum atomic E-state index is 0.326. The first-order chi connectivity index (χ1) is 10.2. The van der Waals surface area contributed by atoms with Crippen LogP contribution < -0.4 is 0 Å². The second-order valence-electron chi connectivity index (χ2n) is 5.66. The first kappa shape index (κ1) is 12.2. The summed E-state index contributed by atoms with van der Waals surface area (Å²) in [5, 5.41) is 9.62. The van der Waals surface area contributed by atoms with Gasteiger partial charge in [0.05, 0.1) is 0 Å². The Bertz CT molecular complexity index is 846. The number of fused-ring (bicyclic) bond motifs is 3. The molecule has 0 spiro atoms.